The Hall–Kier alpha value is -2.79. The molecule has 1 atom stereocenters. The molecule has 2 aromatic carbocycles. The number of hydrogen-bond donors (Lipinski definition) is 1. The van der Waals surface area contributed by atoms with Crippen LogP contribution < -0.4 is 10.1 Å². The summed E-state index contributed by atoms with van der Waals surface area (Å²) < 4.78 is 38.2. The molecule has 8 nitrogen and oxygen atoms in total. The van der Waals surface area contributed by atoms with Gasteiger partial charge in [-0.2, -0.15) is 4.31 Å². The molecule has 186 valence electrons. The Labute approximate surface area is 210 Å². The Bertz CT molecular complexity index is 1230. The van der Waals surface area contributed by atoms with Crippen molar-refractivity contribution in [2.45, 2.75) is 37.2 Å². The molecule has 1 fully saturated rings. The number of rotatable bonds is 10. The first kappa shape index (κ1) is 25.3. The molecule has 1 amide bonds. The molecule has 0 bridgehead atoms. The summed E-state index contributed by atoms with van der Waals surface area (Å²) in [6.07, 6.45) is 2.68. The van der Waals surface area contributed by atoms with Crippen molar-refractivity contribution < 1.29 is 22.7 Å². The quantitative estimate of drug-likeness (QED) is 0.422. The van der Waals surface area contributed by atoms with Gasteiger partial charge in [0.15, 0.2) is 5.13 Å². The molecule has 3 aromatic rings. The van der Waals surface area contributed by atoms with Crippen LogP contribution in [0.15, 0.2) is 58.8 Å². The molecule has 1 saturated heterocycles. The van der Waals surface area contributed by atoms with Crippen LogP contribution in [0.1, 0.15) is 36.5 Å². The fraction of sp³-hybridized carbons (Fsp3) is 0.360. The zero-order chi connectivity index (χ0) is 24.8. The van der Waals surface area contributed by atoms with Crippen molar-refractivity contribution in [3.05, 3.63) is 59.5 Å². The van der Waals surface area contributed by atoms with Crippen LogP contribution in [0.25, 0.3) is 11.3 Å². The van der Waals surface area contributed by atoms with Gasteiger partial charge in [-0.3, -0.25) is 10.1 Å². The zero-order valence-corrected chi connectivity index (χ0v) is 21.4. The maximum Gasteiger partial charge on any atom is 0.257 e. The number of thiazole rings is 1. The van der Waals surface area contributed by atoms with Crippen LogP contribution in [-0.4, -0.2) is 56.5 Å². The zero-order valence-electron chi connectivity index (χ0n) is 19.8. The lowest BCUT2D eigenvalue weighted by Crippen LogP contribution is -2.34. The van der Waals surface area contributed by atoms with Crippen LogP contribution in [0, 0.1) is 0 Å². The van der Waals surface area contributed by atoms with E-state index in [0.717, 1.165) is 36.3 Å². The Morgan fingerprint density at radius 2 is 1.94 bits per heavy atom. The van der Waals surface area contributed by atoms with Gasteiger partial charge in [-0.1, -0.05) is 6.92 Å². The normalized spacial score (nSPS) is 15.9. The van der Waals surface area contributed by atoms with Crippen molar-refractivity contribution in [3.8, 4) is 17.0 Å². The number of hydrogen-bond acceptors (Lipinski definition) is 7. The average molecular weight is 516 g/mol. The van der Waals surface area contributed by atoms with Crippen molar-refractivity contribution in [3.63, 3.8) is 0 Å². The van der Waals surface area contributed by atoms with Gasteiger partial charge in [-0.15, -0.1) is 11.3 Å². The minimum atomic E-state index is -3.66. The van der Waals surface area contributed by atoms with E-state index in [9.17, 15) is 13.2 Å². The number of carbonyl (C=O) groups excluding carboxylic acids is 1. The topological polar surface area (TPSA) is 97.8 Å². The van der Waals surface area contributed by atoms with Crippen LogP contribution >= 0.6 is 11.3 Å². The van der Waals surface area contributed by atoms with E-state index in [1.54, 1.807) is 7.05 Å². The van der Waals surface area contributed by atoms with Gasteiger partial charge in [0.2, 0.25) is 10.0 Å². The first-order valence-electron chi connectivity index (χ1n) is 11.5. The lowest BCUT2D eigenvalue weighted by atomic mass is 10.2. The Morgan fingerprint density at radius 1 is 1.20 bits per heavy atom. The molecule has 4 rings (SSSR count). The van der Waals surface area contributed by atoms with Gasteiger partial charge >= 0.3 is 0 Å². The minimum absolute atomic E-state index is 0.0738. The largest absolute Gasteiger partial charge is 0.494 e. The number of nitrogens with zero attached hydrogens (tertiary/aromatic N) is 2. The summed E-state index contributed by atoms with van der Waals surface area (Å²) in [5.41, 5.74) is 2.02. The number of nitrogens with one attached hydrogen (secondary N) is 1. The number of aromatic nitrogens is 1. The summed E-state index contributed by atoms with van der Waals surface area (Å²) in [6, 6.07) is 13.6. The van der Waals surface area contributed by atoms with Gasteiger partial charge in [-0.25, -0.2) is 13.4 Å². The number of benzene rings is 2. The predicted octanol–water partition coefficient (Wildman–Crippen LogP) is 4.65. The summed E-state index contributed by atoms with van der Waals surface area (Å²) >= 11 is 1.32. The molecule has 1 aliphatic heterocycles. The third kappa shape index (κ3) is 6.26. The summed E-state index contributed by atoms with van der Waals surface area (Å²) in [4.78, 5) is 17.3. The monoisotopic (exact) mass is 515 g/mol. The van der Waals surface area contributed by atoms with Crippen LogP contribution in [0.4, 0.5) is 5.13 Å². The molecule has 1 N–H and O–H groups in total. The fourth-order valence-corrected chi connectivity index (χ4v) is 5.62. The van der Waals surface area contributed by atoms with Crippen molar-refractivity contribution >= 4 is 32.4 Å². The van der Waals surface area contributed by atoms with Crippen LogP contribution in [0.3, 0.4) is 0 Å². The summed E-state index contributed by atoms with van der Waals surface area (Å²) in [6.45, 7) is 3.71. The molecule has 1 unspecified atom stereocenters. The highest BCUT2D eigenvalue weighted by atomic mass is 32.2. The number of likely N-dealkylation sites (N-methyl/N-ethyl adjacent to an activating group) is 1. The highest BCUT2D eigenvalue weighted by Crippen LogP contribution is 2.27. The molecule has 1 aromatic heterocycles. The number of anilines is 1. The maximum atomic E-state index is 12.9. The van der Waals surface area contributed by atoms with E-state index in [1.165, 1.54) is 39.9 Å². The molecule has 2 heterocycles. The molecule has 0 spiro atoms. The van der Waals surface area contributed by atoms with E-state index in [-0.39, 0.29) is 16.9 Å². The SMILES string of the molecule is CCCOc1ccc(-c2csc(NC(=O)c3ccc(S(=O)(=O)N(C)CC4CCCO4)cc3)n2)cc1. The Balaban J connectivity index is 1.37. The highest BCUT2D eigenvalue weighted by molar-refractivity contribution is 7.89. The van der Waals surface area contributed by atoms with Crippen molar-refractivity contribution in [1.29, 1.82) is 0 Å². The van der Waals surface area contributed by atoms with Crippen molar-refractivity contribution in [2.24, 2.45) is 0 Å². The molecule has 10 heteroatoms. The molecular formula is C25H29N3O5S2. The smallest absolute Gasteiger partial charge is 0.257 e. The van der Waals surface area contributed by atoms with E-state index in [1.807, 2.05) is 29.6 Å². The number of ether oxygens (including phenoxy) is 2. The first-order chi connectivity index (χ1) is 16.9. The van der Waals surface area contributed by atoms with Crippen molar-refractivity contribution in [1.82, 2.24) is 9.29 Å². The van der Waals surface area contributed by atoms with E-state index >= 15 is 0 Å². The third-order valence-electron chi connectivity index (χ3n) is 5.66. The molecule has 35 heavy (non-hydrogen) atoms. The van der Waals surface area contributed by atoms with E-state index in [0.29, 0.717) is 30.5 Å². The fourth-order valence-electron chi connectivity index (χ4n) is 3.71. The Kier molecular flexibility index (Phi) is 8.17. The number of sulfonamides is 1. The van der Waals surface area contributed by atoms with Crippen LogP contribution in [-0.2, 0) is 14.8 Å². The second kappa shape index (κ2) is 11.3. The second-order valence-corrected chi connectivity index (χ2v) is 11.2. The van der Waals surface area contributed by atoms with E-state index in [4.69, 9.17) is 9.47 Å². The predicted molar refractivity (Wildman–Crippen MR) is 137 cm³/mol. The Morgan fingerprint density at radius 3 is 2.60 bits per heavy atom. The number of carbonyl (C=O) groups is 1. The maximum absolute atomic E-state index is 12.9. The van der Waals surface area contributed by atoms with E-state index in [2.05, 4.69) is 17.2 Å². The molecule has 0 radical (unpaired) electrons. The molecule has 0 aliphatic carbocycles. The lowest BCUT2D eigenvalue weighted by Gasteiger charge is -2.20. The summed E-state index contributed by atoms with van der Waals surface area (Å²) in [5, 5.41) is 5.12. The van der Waals surface area contributed by atoms with Gasteiger partial charge in [-0.05, 0) is 67.8 Å². The second-order valence-electron chi connectivity index (χ2n) is 8.31. The summed E-state index contributed by atoms with van der Waals surface area (Å²) in [5.74, 6) is 0.453. The van der Waals surface area contributed by atoms with Gasteiger partial charge in [0.25, 0.3) is 5.91 Å². The van der Waals surface area contributed by atoms with E-state index < -0.39 is 10.0 Å². The molecule has 0 saturated carbocycles. The van der Waals surface area contributed by atoms with Gasteiger partial charge in [0.05, 0.1) is 23.3 Å². The standard InChI is InChI=1S/C25H29N3O5S2/c1-3-14-32-20-10-6-18(7-11-20)23-17-34-25(26-23)27-24(29)19-8-12-22(13-9-19)35(30,31)28(2)16-21-5-4-15-33-21/h6-13,17,21H,3-5,14-16H2,1-2H3,(H,26,27,29). The molecule has 1 aliphatic rings. The van der Waals surface area contributed by atoms with Crippen LogP contribution in [0.2, 0.25) is 0 Å². The minimum Gasteiger partial charge on any atom is -0.494 e. The first-order valence-corrected chi connectivity index (χ1v) is 13.9. The summed E-state index contributed by atoms with van der Waals surface area (Å²) in [7, 11) is -2.12. The lowest BCUT2D eigenvalue weighted by molar-refractivity contribution is 0.0979. The average Bonchev–Trinajstić information content (AvgIpc) is 3.55. The van der Waals surface area contributed by atoms with Crippen molar-refractivity contribution in [2.75, 3.05) is 32.1 Å². The van der Waals surface area contributed by atoms with Crippen LogP contribution in [0.5, 0.6) is 5.75 Å². The highest BCUT2D eigenvalue weighted by Gasteiger charge is 2.26. The van der Waals surface area contributed by atoms with Gasteiger partial charge < -0.3 is 9.47 Å². The third-order valence-corrected chi connectivity index (χ3v) is 8.25. The number of amides is 1. The van der Waals surface area contributed by atoms with Gasteiger partial charge in [0.1, 0.15) is 5.75 Å². The van der Waals surface area contributed by atoms with Gasteiger partial charge in [0, 0.05) is 36.7 Å². The molecular weight excluding hydrogens is 486 g/mol.